The van der Waals surface area contributed by atoms with E-state index < -0.39 is 10.8 Å². The van der Waals surface area contributed by atoms with Crippen LogP contribution in [0, 0.1) is 21.7 Å². The molecule has 0 aromatic rings. The molecule has 4 fully saturated rings. The molecule has 4 heteroatoms. The van der Waals surface area contributed by atoms with Gasteiger partial charge in [-0.25, -0.2) is 0 Å². The molecule has 0 spiro atoms. The molecule has 0 aliphatic heterocycles. The van der Waals surface area contributed by atoms with E-state index in [1.54, 1.807) is 0 Å². The minimum Gasteiger partial charge on any atom is -0.469 e. The number of carbonyl (C=O) groups excluding carboxylic acids is 2. The van der Waals surface area contributed by atoms with Gasteiger partial charge in [-0.05, 0) is 49.4 Å². The van der Waals surface area contributed by atoms with Crippen LogP contribution >= 0.6 is 0 Å². The molecule has 4 aliphatic carbocycles. The van der Waals surface area contributed by atoms with Crippen LogP contribution in [0.1, 0.15) is 52.4 Å². The van der Waals surface area contributed by atoms with Crippen molar-refractivity contribution in [2.75, 3.05) is 14.2 Å². The highest BCUT2D eigenvalue weighted by atomic mass is 16.5. The summed E-state index contributed by atoms with van der Waals surface area (Å²) < 4.78 is 10.2. The fourth-order valence-electron chi connectivity index (χ4n) is 6.56. The number of hydrogen-bond acceptors (Lipinski definition) is 4. The van der Waals surface area contributed by atoms with Crippen molar-refractivity contribution in [2.24, 2.45) is 21.7 Å². The Morgan fingerprint density at radius 1 is 0.700 bits per heavy atom. The molecule has 0 saturated heterocycles. The summed E-state index contributed by atoms with van der Waals surface area (Å²) in [6.07, 6.45) is 5.09. The Morgan fingerprint density at radius 2 is 1.05 bits per heavy atom. The summed E-state index contributed by atoms with van der Waals surface area (Å²) in [5.41, 5.74) is -0.875. The first-order valence-corrected chi connectivity index (χ1v) is 7.38. The Kier molecular flexibility index (Phi) is 2.62. The van der Waals surface area contributed by atoms with E-state index >= 15 is 0 Å². The summed E-state index contributed by atoms with van der Waals surface area (Å²) in [6, 6.07) is 0. The Morgan fingerprint density at radius 3 is 1.35 bits per heavy atom. The Hall–Kier alpha value is -1.06. The number of carbonyl (C=O) groups is 2. The Labute approximate surface area is 120 Å². The zero-order valence-electron chi connectivity index (χ0n) is 12.9. The van der Waals surface area contributed by atoms with E-state index in [0.717, 1.165) is 32.1 Å². The predicted octanol–water partition coefficient (Wildman–Crippen LogP) is 2.70. The van der Waals surface area contributed by atoms with Gasteiger partial charge in [0.1, 0.15) is 0 Å². The lowest BCUT2D eigenvalue weighted by molar-refractivity contribution is -0.218. The van der Waals surface area contributed by atoms with E-state index in [0.29, 0.717) is 6.42 Å². The highest BCUT2D eigenvalue weighted by molar-refractivity contribution is 5.83. The third kappa shape index (κ3) is 1.66. The van der Waals surface area contributed by atoms with Gasteiger partial charge in [-0.3, -0.25) is 9.59 Å². The quantitative estimate of drug-likeness (QED) is 0.730. The van der Waals surface area contributed by atoms with Gasteiger partial charge >= 0.3 is 11.9 Å². The molecule has 0 radical (unpaired) electrons. The van der Waals surface area contributed by atoms with Crippen LogP contribution in [0.15, 0.2) is 0 Å². The lowest BCUT2D eigenvalue weighted by Crippen LogP contribution is -2.64. The van der Waals surface area contributed by atoms with Crippen molar-refractivity contribution in [3.8, 4) is 0 Å². The number of methoxy groups -OCH3 is 2. The van der Waals surface area contributed by atoms with E-state index in [2.05, 4.69) is 13.8 Å². The van der Waals surface area contributed by atoms with Crippen LogP contribution in [0.5, 0.6) is 0 Å². The van der Waals surface area contributed by atoms with E-state index in [4.69, 9.17) is 9.47 Å². The molecule has 20 heavy (non-hydrogen) atoms. The van der Waals surface area contributed by atoms with Crippen LogP contribution in [0.4, 0.5) is 0 Å². The van der Waals surface area contributed by atoms with Gasteiger partial charge in [-0.1, -0.05) is 13.8 Å². The molecule has 0 heterocycles. The van der Waals surface area contributed by atoms with Gasteiger partial charge in [0, 0.05) is 0 Å². The van der Waals surface area contributed by atoms with E-state index in [1.807, 2.05) is 0 Å². The second-order valence-corrected chi connectivity index (χ2v) is 8.23. The second-order valence-electron chi connectivity index (χ2n) is 8.23. The van der Waals surface area contributed by atoms with Crippen LogP contribution in [0.25, 0.3) is 0 Å². The van der Waals surface area contributed by atoms with Crippen LogP contribution < -0.4 is 0 Å². The maximum absolute atomic E-state index is 12.4. The molecule has 4 aliphatic rings. The summed E-state index contributed by atoms with van der Waals surface area (Å²) in [6.45, 7) is 4.44. The van der Waals surface area contributed by atoms with E-state index in [-0.39, 0.29) is 22.8 Å². The summed E-state index contributed by atoms with van der Waals surface area (Å²) in [5, 5.41) is 0. The SMILES string of the molecule is COC(=O)C12CC3(C)CC(C)(C1)CC(C(=O)OC)(C3)C2. The standard InChI is InChI=1S/C16H24O4/c1-13-5-14(2)8-15(6-13,11(17)19-3)10-16(7-13,9-14)12(18)20-4/h5-10H2,1-4H3. The monoisotopic (exact) mass is 280 g/mol. The minimum absolute atomic E-state index is 0.0475. The van der Waals surface area contributed by atoms with Gasteiger partial charge in [-0.15, -0.1) is 0 Å². The van der Waals surface area contributed by atoms with Crippen molar-refractivity contribution in [3.05, 3.63) is 0 Å². The fraction of sp³-hybridized carbons (Fsp3) is 0.875. The third-order valence-electron chi connectivity index (χ3n) is 5.83. The molecule has 4 bridgehead atoms. The molecule has 112 valence electrons. The first-order valence-electron chi connectivity index (χ1n) is 7.38. The fourth-order valence-corrected chi connectivity index (χ4v) is 6.56. The van der Waals surface area contributed by atoms with Crippen molar-refractivity contribution in [2.45, 2.75) is 52.4 Å². The number of rotatable bonds is 2. The van der Waals surface area contributed by atoms with Gasteiger partial charge in [0.15, 0.2) is 0 Å². The maximum Gasteiger partial charge on any atom is 0.311 e. The van der Waals surface area contributed by atoms with Gasteiger partial charge in [-0.2, -0.15) is 0 Å². The summed E-state index contributed by atoms with van der Waals surface area (Å²) in [5.74, 6) is -0.273. The predicted molar refractivity (Wildman–Crippen MR) is 72.8 cm³/mol. The smallest absolute Gasteiger partial charge is 0.311 e. The van der Waals surface area contributed by atoms with E-state index in [1.165, 1.54) is 14.2 Å². The normalized spacial score (nSPS) is 49.0. The van der Waals surface area contributed by atoms with Gasteiger partial charge in [0.25, 0.3) is 0 Å². The van der Waals surface area contributed by atoms with Crippen LogP contribution in [0.2, 0.25) is 0 Å². The average molecular weight is 280 g/mol. The molecule has 0 unspecified atom stereocenters. The highest BCUT2D eigenvalue weighted by Crippen LogP contribution is 2.74. The largest absolute Gasteiger partial charge is 0.469 e. The van der Waals surface area contributed by atoms with Crippen molar-refractivity contribution in [1.29, 1.82) is 0 Å². The third-order valence-corrected chi connectivity index (χ3v) is 5.83. The van der Waals surface area contributed by atoms with Crippen LogP contribution in [-0.4, -0.2) is 26.2 Å². The minimum atomic E-state index is -0.485. The first kappa shape index (κ1) is 13.9. The average Bonchev–Trinajstić information content (AvgIpc) is 2.32. The molecule has 0 aromatic carbocycles. The molecule has 0 amide bonds. The maximum atomic E-state index is 12.4. The zero-order chi connectivity index (χ0) is 14.8. The zero-order valence-corrected chi connectivity index (χ0v) is 12.9. The number of ether oxygens (including phenoxy) is 2. The molecule has 4 saturated carbocycles. The van der Waals surface area contributed by atoms with Crippen molar-refractivity contribution < 1.29 is 19.1 Å². The second kappa shape index (κ2) is 3.77. The molecule has 0 aromatic heterocycles. The highest BCUT2D eigenvalue weighted by Gasteiger charge is 2.70. The molecule has 0 N–H and O–H groups in total. The van der Waals surface area contributed by atoms with E-state index in [9.17, 15) is 9.59 Å². The number of hydrogen-bond donors (Lipinski definition) is 0. The molecular weight excluding hydrogens is 256 g/mol. The summed E-state index contributed by atoms with van der Waals surface area (Å²) in [4.78, 5) is 24.9. The van der Waals surface area contributed by atoms with Crippen molar-refractivity contribution in [1.82, 2.24) is 0 Å². The van der Waals surface area contributed by atoms with Gasteiger partial charge in [0.2, 0.25) is 0 Å². The molecular formula is C16H24O4. The van der Waals surface area contributed by atoms with Crippen molar-refractivity contribution >= 4 is 11.9 Å². The topological polar surface area (TPSA) is 52.6 Å². The lowest BCUT2D eigenvalue weighted by Gasteiger charge is -2.67. The van der Waals surface area contributed by atoms with Crippen LogP contribution in [0.3, 0.4) is 0 Å². The van der Waals surface area contributed by atoms with Crippen molar-refractivity contribution in [3.63, 3.8) is 0 Å². The Balaban J connectivity index is 2.10. The van der Waals surface area contributed by atoms with Gasteiger partial charge in [0.05, 0.1) is 25.0 Å². The first-order chi connectivity index (χ1) is 9.21. The summed E-state index contributed by atoms with van der Waals surface area (Å²) >= 11 is 0. The van der Waals surface area contributed by atoms with Crippen LogP contribution in [-0.2, 0) is 19.1 Å². The molecule has 0 atom stereocenters. The summed E-state index contributed by atoms with van der Waals surface area (Å²) in [7, 11) is 2.91. The molecule has 4 nitrogen and oxygen atoms in total. The molecule has 4 rings (SSSR count). The van der Waals surface area contributed by atoms with Gasteiger partial charge < -0.3 is 9.47 Å². The lowest BCUT2D eigenvalue weighted by atomic mass is 9.36. The Bertz CT molecular complexity index is 425. The number of esters is 2.